The lowest BCUT2D eigenvalue weighted by Crippen LogP contribution is -2.45. The van der Waals surface area contributed by atoms with Crippen LogP contribution in [0.2, 0.25) is 0 Å². The zero-order valence-corrected chi connectivity index (χ0v) is 10.5. The molecule has 0 aliphatic carbocycles. The molecule has 0 saturated carbocycles. The molecule has 0 bridgehead atoms. The van der Waals surface area contributed by atoms with E-state index in [1.807, 2.05) is 6.92 Å². The standard InChI is InChI=1S/C11H19NO5/c1-4-5-8-17-10(14)11(3,12(15)16)7-6-9(2)13/h4-8H2,1-3H3. The van der Waals surface area contributed by atoms with E-state index in [4.69, 9.17) is 4.74 Å². The predicted octanol–water partition coefficient (Wildman–Crippen LogP) is 1.73. The number of carbonyl (C=O) groups excluding carboxylic acids is 2. The lowest BCUT2D eigenvalue weighted by Gasteiger charge is -2.18. The molecule has 0 saturated heterocycles. The van der Waals surface area contributed by atoms with Gasteiger partial charge in [0.1, 0.15) is 5.78 Å². The van der Waals surface area contributed by atoms with E-state index in [-0.39, 0.29) is 25.2 Å². The van der Waals surface area contributed by atoms with Crippen LogP contribution in [0.25, 0.3) is 0 Å². The van der Waals surface area contributed by atoms with E-state index >= 15 is 0 Å². The Morgan fingerprint density at radius 1 is 1.41 bits per heavy atom. The Morgan fingerprint density at radius 3 is 2.41 bits per heavy atom. The number of ether oxygens (including phenoxy) is 1. The minimum Gasteiger partial charge on any atom is -0.460 e. The van der Waals surface area contributed by atoms with E-state index < -0.39 is 16.4 Å². The zero-order valence-electron chi connectivity index (χ0n) is 10.5. The first-order valence-electron chi connectivity index (χ1n) is 5.65. The van der Waals surface area contributed by atoms with Crippen LogP contribution >= 0.6 is 0 Å². The molecule has 0 rings (SSSR count). The van der Waals surface area contributed by atoms with Gasteiger partial charge in [0, 0.05) is 24.7 Å². The Balaban J connectivity index is 4.52. The Hall–Kier alpha value is -1.46. The molecule has 0 fully saturated rings. The largest absolute Gasteiger partial charge is 0.460 e. The Labute approximate surface area is 100 Å². The number of ketones is 1. The van der Waals surface area contributed by atoms with Crippen molar-refractivity contribution in [1.82, 2.24) is 0 Å². The van der Waals surface area contributed by atoms with Gasteiger partial charge in [-0.15, -0.1) is 0 Å². The van der Waals surface area contributed by atoms with E-state index in [0.717, 1.165) is 6.42 Å². The molecule has 6 nitrogen and oxygen atoms in total. The molecule has 1 atom stereocenters. The van der Waals surface area contributed by atoms with Crippen molar-refractivity contribution in [2.75, 3.05) is 6.61 Å². The van der Waals surface area contributed by atoms with Gasteiger partial charge in [0.05, 0.1) is 6.61 Å². The number of unbranched alkanes of at least 4 members (excludes halogenated alkanes) is 1. The first-order valence-corrected chi connectivity index (χ1v) is 5.65. The van der Waals surface area contributed by atoms with Gasteiger partial charge in [0.25, 0.3) is 0 Å². The summed E-state index contributed by atoms with van der Waals surface area (Å²) in [4.78, 5) is 32.7. The summed E-state index contributed by atoms with van der Waals surface area (Å²) in [6.45, 7) is 4.64. The van der Waals surface area contributed by atoms with Gasteiger partial charge in [-0.1, -0.05) is 13.3 Å². The van der Waals surface area contributed by atoms with E-state index in [1.54, 1.807) is 0 Å². The molecule has 0 N–H and O–H groups in total. The molecule has 1 unspecified atom stereocenters. The maximum Gasteiger partial charge on any atom is 0.384 e. The highest BCUT2D eigenvalue weighted by Crippen LogP contribution is 2.19. The molecule has 0 amide bonds. The van der Waals surface area contributed by atoms with Crippen molar-refractivity contribution < 1.29 is 19.2 Å². The van der Waals surface area contributed by atoms with E-state index in [9.17, 15) is 19.7 Å². The fraction of sp³-hybridized carbons (Fsp3) is 0.818. The van der Waals surface area contributed by atoms with Crippen LogP contribution in [0.1, 0.15) is 46.5 Å². The van der Waals surface area contributed by atoms with Crippen LogP contribution in [0.3, 0.4) is 0 Å². The Kier molecular flexibility index (Phi) is 6.38. The summed E-state index contributed by atoms with van der Waals surface area (Å²) in [7, 11) is 0. The molecule has 0 aromatic heterocycles. The first-order chi connectivity index (χ1) is 7.84. The van der Waals surface area contributed by atoms with Gasteiger partial charge in [-0.25, -0.2) is 4.79 Å². The van der Waals surface area contributed by atoms with Crippen molar-refractivity contribution in [3.05, 3.63) is 10.1 Å². The van der Waals surface area contributed by atoms with Crippen molar-refractivity contribution in [1.29, 1.82) is 0 Å². The van der Waals surface area contributed by atoms with Crippen LogP contribution in [-0.2, 0) is 14.3 Å². The minimum absolute atomic E-state index is 0.000355. The third-order valence-corrected chi connectivity index (χ3v) is 2.54. The number of esters is 1. The smallest absolute Gasteiger partial charge is 0.384 e. The van der Waals surface area contributed by atoms with Gasteiger partial charge in [0.15, 0.2) is 0 Å². The number of carbonyl (C=O) groups is 2. The van der Waals surface area contributed by atoms with Crippen LogP contribution < -0.4 is 0 Å². The van der Waals surface area contributed by atoms with E-state index in [0.29, 0.717) is 6.42 Å². The third kappa shape index (κ3) is 4.93. The molecular weight excluding hydrogens is 226 g/mol. The Morgan fingerprint density at radius 2 is 2.00 bits per heavy atom. The topological polar surface area (TPSA) is 86.5 Å². The van der Waals surface area contributed by atoms with Gasteiger partial charge in [-0.2, -0.15) is 0 Å². The molecule has 6 heteroatoms. The average Bonchev–Trinajstić information content (AvgIpc) is 2.25. The molecule has 0 aliphatic rings. The minimum atomic E-state index is -1.82. The molecule has 17 heavy (non-hydrogen) atoms. The summed E-state index contributed by atoms with van der Waals surface area (Å²) in [6.07, 6.45) is 1.39. The van der Waals surface area contributed by atoms with Gasteiger partial charge in [-0.3, -0.25) is 10.1 Å². The van der Waals surface area contributed by atoms with Crippen molar-refractivity contribution in [3.8, 4) is 0 Å². The lowest BCUT2D eigenvalue weighted by molar-refractivity contribution is -0.551. The van der Waals surface area contributed by atoms with Crippen molar-refractivity contribution in [2.45, 2.75) is 52.0 Å². The highest BCUT2D eigenvalue weighted by Gasteiger charge is 2.47. The normalized spacial score (nSPS) is 13.8. The number of Topliss-reactive ketones (excluding diaryl/α,β-unsaturated/α-hetero) is 1. The number of hydrogen-bond donors (Lipinski definition) is 0. The molecule has 0 aliphatic heterocycles. The number of nitro groups is 1. The second-order valence-corrected chi connectivity index (χ2v) is 4.22. The second kappa shape index (κ2) is 6.98. The summed E-state index contributed by atoms with van der Waals surface area (Å²) in [5, 5.41) is 10.9. The van der Waals surface area contributed by atoms with Crippen molar-refractivity contribution in [2.24, 2.45) is 0 Å². The third-order valence-electron chi connectivity index (χ3n) is 2.54. The quantitative estimate of drug-likeness (QED) is 0.281. The van der Waals surface area contributed by atoms with Crippen molar-refractivity contribution in [3.63, 3.8) is 0 Å². The Bertz CT molecular complexity index is 302. The molecular formula is C11H19NO5. The fourth-order valence-electron chi connectivity index (χ4n) is 1.15. The monoisotopic (exact) mass is 245 g/mol. The molecule has 0 aromatic carbocycles. The first kappa shape index (κ1) is 15.5. The number of rotatable bonds is 8. The van der Waals surface area contributed by atoms with Crippen LogP contribution in [0.4, 0.5) is 0 Å². The van der Waals surface area contributed by atoms with E-state index in [1.165, 1.54) is 13.8 Å². The average molecular weight is 245 g/mol. The van der Waals surface area contributed by atoms with Gasteiger partial charge < -0.3 is 9.53 Å². The van der Waals surface area contributed by atoms with Gasteiger partial charge >= 0.3 is 11.5 Å². The second-order valence-electron chi connectivity index (χ2n) is 4.22. The summed E-state index contributed by atoms with van der Waals surface area (Å²) in [6, 6.07) is 0. The molecule has 98 valence electrons. The summed E-state index contributed by atoms with van der Waals surface area (Å²) in [5.74, 6) is -1.04. The molecule has 0 heterocycles. The molecule has 0 radical (unpaired) electrons. The number of nitrogens with zero attached hydrogens (tertiary/aromatic N) is 1. The maximum absolute atomic E-state index is 11.6. The zero-order chi connectivity index (χ0) is 13.5. The lowest BCUT2D eigenvalue weighted by atomic mass is 9.95. The summed E-state index contributed by atoms with van der Waals surface area (Å²) < 4.78 is 4.85. The highest BCUT2D eigenvalue weighted by molar-refractivity contribution is 5.81. The molecule has 0 spiro atoms. The van der Waals surface area contributed by atoms with Crippen LogP contribution in [0.5, 0.6) is 0 Å². The summed E-state index contributed by atoms with van der Waals surface area (Å²) >= 11 is 0. The highest BCUT2D eigenvalue weighted by atomic mass is 16.6. The summed E-state index contributed by atoms with van der Waals surface area (Å²) in [5.41, 5.74) is -1.82. The SMILES string of the molecule is CCCCOC(=O)C(C)(CCC(C)=O)[N+](=O)[O-]. The maximum atomic E-state index is 11.6. The van der Waals surface area contributed by atoms with Crippen LogP contribution in [0.15, 0.2) is 0 Å². The van der Waals surface area contributed by atoms with Gasteiger partial charge in [-0.05, 0) is 13.3 Å². The van der Waals surface area contributed by atoms with Crippen molar-refractivity contribution >= 4 is 11.8 Å². The van der Waals surface area contributed by atoms with Gasteiger partial charge in [0.2, 0.25) is 0 Å². The van der Waals surface area contributed by atoms with Crippen LogP contribution in [-0.4, -0.2) is 28.8 Å². The van der Waals surface area contributed by atoms with Crippen LogP contribution in [0, 0.1) is 10.1 Å². The fourth-order valence-corrected chi connectivity index (χ4v) is 1.15. The predicted molar refractivity (Wildman–Crippen MR) is 61.2 cm³/mol. The number of hydrogen-bond acceptors (Lipinski definition) is 5. The van der Waals surface area contributed by atoms with E-state index in [2.05, 4.69) is 0 Å². The molecule has 0 aromatic rings.